The first-order valence-electron chi connectivity index (χ1n) is 9.39. The van der Waals surface area contributed by atoms with E-state index >= 15 is 0 Å². The van der Waals surface area contributed by atoms with Crippen molar-refractivity contribution in [2.75, 3.05) is 19.6 Å². The largest absolute Gasteiger partial charge is 0.481 e. The van der Waals surface area contributed by atoms with Crippen molar-refractivity contribution in [3.8, 4) is 0 Å². The molecular weight excluding hydrogens is 276 g/mol. The Hall–Kier alpha value is -0.610. The average molecular weight is 308 g/mol. The van der Waals surface area contributed by atoms with Gasteiger partial charge in [-0.2, -0.15) is 0 Å². The number of piperidine rings is 1. The minimum Gasteiger partial charge on any atom is -0.481 e. The van der Waals surface area contributed by atoms with E-state index < -0.39 is 5.97 Å². The van der Waals surface area contributed by atoms with E-state index in [9.17, 15) is 4.79 Å². The smallest absolute Gasteiger partial charge is 0.304 e. The summed E-state index contributed by atoms with van der Waals surface area (Å²) < 4.78 is 0. The predicted octanol–water partition coefficient (Wildman–Crippen LogP) is 2.87. The van der Waals surface area contributed by atoms with Crippen LogP contribution in [0, 0.1) is 11.8 Å². The third-order valence-electron chi connectivity index (χ3n) is 5.69. The van der Waals surface area contributed by atoms with Crippen LogP contribution >= 0.6 is 0 Å². The molecule has 4 nitrogen and oxygen atoms in total. The molecule has 2 unspecified atom stereocenters. The number of nitrogens with zero attached hydrogens (tertiary/aromatic N) is 1. The summed E-state index contributed by atoms with van der Waals surface area (Å²) >= 11 is 0. The predicted molar refractivity (Wildman–Crippen MR) is 87.9 cm³/mol. The lowest BCUT2D eigenvalue weighted by Gasteiger charge is -2.40. The molecule has 2 saturated carbocycles. The monoisotopic (exact) mass is 308 g/mol. The molecule has 0 amide bonds. The molecule has 1 aliphatic heterocycles. The highest BCUT2D eigenvalue weighted by Crippen LogP contribution is 2.38. The van der Waals surface area contributed by atoms with E-state index in [0.717, 1.165) is 31.5 Å². The minimum atomic E-state index is -0.666. The van der Waals surface area contributed by atoms with Gasteiger partial charge in [-0.3, -0.25) is 4.79 Å². The van der Waals surface area contributed by atoms with E-state index in [4.69, 9.17) is 5.11 Å². The molecule has 3 aliphatic rings. The molecule has 126 valence electrons. The molecule has 2 atom stereocenters. The van der Waals surface area contributed by atoms with Crippen LogP contribution in [0.1, 0.15) is 64.2 Å². The number of carboxylic acids is 1. The van der Waals surface area contributed by atoms with Crippen molar-refractivity contribution in [2.24, 2.45) is 11.8 Å². The van der Waals surface area contributed by atoms with E-state index in [1.165, 1.54) is 57.8 Å². The molecule has 2 aliphatic carbocycles. The Morgan fingerprint density at radius 2 is 1.77 bits per heavy atom. The van der Waals surface area contributed by atoms with Crippen LogP contribution < -0.4 is 5.32 Å². The van der Waals surface area contributed by atoms with E-state index in [1.54, 1.807) is 0 Å². The van der Waals surface area contributed by atoms with Crippen molar-refractivity contribution in [3.05, 3.63) is 0 Å². The van der Waals surface area contributed by atoms with Gasteiger partial charge in [-0.25, -0.2) is 0 Å². The zero-order chi connectivity index (χ0) is 15.4. The molecule has 3 fully saturated rings. The molecule has 1 heterocycles. The molecule has 0 radical (unpaired) electrons. The summed E-state index contributed by atoms with van der Waals surface area (Å²) in [6, 6.07) is 1.29. The lowest BCUT2D eigenvalue weighted by atomic mass is 9.88. The summed E-state index contributed by atoms with van der Waals surface area (Å²) in [6.45, 7) is 2.89. The minimum absolute atomic E-state index is 0.284. The molecule has 22 heavy (non-hydrogen) atoms. The van der Waals surface area contributed by atoms with Crippen molar-refractivity contribution in [1.29, 1.82) is 0 Å². The molecule has 0 aromatic carbocycles. The maximum absolute atomic E-state index is 10.9. The fourth-order valence-corrected chi connectivity index (χ4v) is 4.46. The highest BCUT2D eigenvalue weighted by atomic mass is 16.4. The van der Waals surface area contributed by atoms with Gasteiger partial charge in [-0.05, 0) is 37.5 Å². The van der Waals surface area contributed by atoms with Gasteiger partial charge < -0.3 is 15.3 Å². The van der Waals surface area contributed by atoms with Crippen LogP contribution in [0.15, 0.2) is 0 Å². The average Bonchev–Trinajstić information content (AvgIpc) is 3.30. The van der Waals surface area contributed by atoms with Gasteiger partial charge >= 0.3 is 5.97 Å². The highest BCUT2D eigenvalue weighted by molar-refractivity contribution is 5.66. The lowest BCUT2D eigenvalue weighted by Crippen LogP contribution is -2.52. The number of rotatable bonds is 7. The molecular formula is C18H32N2O2. The van der Waals surface area contributed by atoms with Gasteiger partial charge in [0.1, 0.15) is 0 Å². The Morgan fingerprint density at radius 1 is 1.00 bits per heavy atom. The van der Waals surface area contributed by atoms with E-state index in [-0.39, 0.29) is 6.42 Å². The number of nitrogens with one attached hydrogen (secondary N) is 1. The quantitative estimate of drug-likeness (QED) is 0.759. The summed E-state index contributed by atoms with van der Waals surface area (Å²) in [4.78, 5) is 13.3. The first-order chi connectivity index (χ1) is 10.7. The van der Waals surface area contributed by atoms with Gasteiger partial charge in [0, 0.05) is 31.7 Å². The summed E-state index contributed by atoms with van der Waals surface area (Å²) in [5.41, 5.74) is 0. The Labute approximate surface area is 134 Å². The molecule has 0 bridgehead atoms. The zero-order valence-corrected chi connectivity index (χ0v) is 13.8. The van der Waals surface area contributed by atoms with Crippen molar-refractivity contribution in [3.63, 3.8) is 0 Å². The van der Waals surface area contributed by atoms with Crippen LogP contribution in [-0.2, 0) is 4.79 Å². The molecule has 0 aromatic rings. The second-order valence-corrected chi connectivity index (χ2v) is 7.88. The van der Waals surface area contributed by atoms with Crippen LogP contribution in [0.2, 0.25) is 0 Å². The van der Waals surface area contributed by atoms with Crippen LogP contribution in [0.4, 0.5) is 0 Å². The molecule has 0 aromatic heterocycles. The maximum atomic E-state index is 10.9. The van der Waals surface area contributed by atoms with E-state index in [0.29, 0.717) is 12.1 Å². The van der Waals surface area contributed by atoms with Crippen LogP contribution in [-0.4, -0.2) is 47.7 Å². The topological polar surface area (TPSA) is 52.6 Å². The number of hydrogen-bond donors (Lipinski definition) is 2. The van der Waals surface area contributed by atoms with Crippen LogP contribution in [0.5, 0.6) is 0 Å². The zero-order valence-electron chi connectivity index (χ0n) is 13.8. The van der Waals surface area contributed by atoms with Gasteiger partial charge in [0.15, 0.2) is 0 Å². The van der Waals surface area contributed by atoms with Crippen molar-refractivity contribution in [2.45, 2.75) is 76.3 Å². The van der Waals surface area contributed by atoms with Crippen molar-refractivity contribution >= 4 is 5.97 Å². The molecule has 0 spiro atoms. The second-order valence-electron chi connectivity index (χ2n) is 7.88. The number of likely N-dealkylation sites (tertiary alicyclic amines) is 1. The van der Waals surface area contributed by atoms with Crippen LogP contribution in [0.3, 0.4) is 0 Å². The first kappa shape index (κ1) is 16.3. The third kappa shape index (κ3) is 5.24. The van der Waals surface area contributed by atoms with Gasteiger partial charge in [0.2, 0.25) is 0 Å². The summed E-state index contributed by atoms with van der Waals surface area (Å²) in [5, 5.41) is 12.9. The Bertz CT molecular complexity index is 364. The highest BCUT2D eigenvalue weighted by Gasteiger charge is 2.33. The number of aliphatic carboxylic acids is 1. The van der Waals surface area contributed by atoms with Gasteiger partial charge in [-0.15, -0.1) is 0 Å². The lowest BCUT2D eigenvalue weighted by molar-refractivity contribution is -0.137. The van der Waals surface area contributed by atoms with Gasteiger partial charge in [0.25, 0.3) is 0 Å². The third-order valence-corrected chi connectivity index (χ3v) is 5.69. The van der Waals surface area contributed by atoms with Crippen molar-refractivity contribution < 1.29 is 9.90 Å². The molecule has 4 heteroatoms. The molecule has 3 rings (SSSR count). The number of carboxylic acid groups (broad SMARTS) is 1. The van der Waals surface area contributed by atoms with Gasteiger partial charge in [-0.1, -0.05) is 32.1 Å². The summed E-state index contributed by atoms with van der Waals surface area (Å²) in [5.74, 6) is 1.08. The first-order valence-corrected chi connectivity index (χ1v) is 9.39. The van der Waals surface area contributed by atoms with Crippen LogP contribution in [0.25, 0.3) is 0 Å². The molecule has 2 N–H and O–H groups in total. The van der Waals surface area contributed by atoms with E-state index in [2.05, 4.69) is 10.2 Å². The SMILES string of the molecule is O=C(O)CCN1CC(CC2CC2)CC(NC2CCCCC2)C1. The Morgan fingerprint density at radius 3 is 2.45 bits per heavy atom. The Balaban J connectivity index is 1.51. The number of hydrogen-bond acceptors (Lipinski definition) is 3. The van der Waals surface area contributed by atoms with Crippen molar-refractivity contribution in [1.82, 2.24) is 10.2 Å². The Kier molecular flexibility index (Phi) is 5.75. The molecule has 1 saturated heterocycles. The maximum Gasteiger partial charge on any atom is 0.304 e. The fraction of sp³-hybridized carbons (Fsp3) is 0.944. The second kappa shape index (κ2) is 7.78. The summed E-state index contributed by atoms with van der Waals surface area (Å²) in [6.07, 6.45) is 12.6. The normalized spacial score (nSPS) is 31.3. The standard InChI is InChI=1S/C18H32N2O2/c21-18(22)8-9-20-12-15(10-14-6-7-14)11-17(13-20)19-16-4-2-1-3-5-16/h14-17,19H,1-13H2,(H,21,22). The number of carbonyl (C=O) groups is 1. The van der Waals surface area contributed by atoms with Gasteiger partial charge in [0.05, 0.1) is 6.42 Å². The summed E-state index contributed by atoms with van der Waals surface area (Å²) in [7, 11) is 0. The fourth-order valence-electron chi connectivity index (χ4n) is 4.46. The van der Waals surface area contributed by atoms with E-state index in [1.807, 2.05) is 0 Å².